The first-order valence-corrected chi connectivity index (χ1v) is 9.46. The van der Waals surface area contributed by atoms with Crippen molar-refractivity contribution in [1.82, 2.24) is 0 Å². The number of aliphatic imine (C=N–C) groups is 1. The van der Waals surface area contributed by atoms with E-state index in [0.717, 1.165) is 6.11 Å². The number of ether oxygens (including phenoxy) is 1. The fraction of sp³-hybridized carbons (Fsp3) is 0.467. The van der Waals surface area contributed by atoms with Gasteiger partial charge in [-0.2, -0.15) is 0 Å². The number of hydrogen-bond donors (Lipinski definition) is 1. The number of carboxylic acid groups (broad SMARTS) is 1. The molecule has 1 rings (SSSR count). The first-order valence-electron chi connectivity index (χ1n) is 7.73. The zero-order valence-electron chi connectivity index (χ0n) is 14.2. The number of aliphatic carboxylic acids is 1. The summed E-state index contributed by atoms with van der Waals surface area (Å²) in [5.41, 5.74) is 0.709. The van der Waals surface area contributed by atoms with Crippen LogP contribution in [0.2, 0.25) is 0 Å². The molecule has 0 bridgehead atoms. The molecule has 0 amide bonds. The van der Waals surface area contributed by atoms with E-state index in [0.29, 0.717) is 18.5 Å². The minimum absolute atomic E-state index is 0.135. The molecule has 0 unspecified atom stereocenters. The van der Waals surface area contributed by atoms with Crippen molar-refractivity contribution in [3.63, 3.8) is 0 Å². The summed E-state index contributed by atoms with van der Waals surface area (Å²) in [6, 6.07) is 5.56. The summed E-state index contributed by atoms with van der Waals surface area (Å²) in [5, 5.41) is 9.08. The van der Waals surface area contributed by atoms with E-state index in [1.54, 1.807) is 38.1 Å². The Balaban J connectivity index is 2.69. The van der Waals surface area contributed by atoms with Crippen LogP contribution in [-0.4, -0.2) is 49.9 Å². The van der Waals surface area contributed by atoms with E-state index < -0.39 is 19.6 Å². The normalized spacial score (nSPS) is 12.7. The van der Waals surface area contributed by atoms with E-state index in [1.807, 2.05) is 0 Å². The molecule has 1 atom stereocenters. The van der Waals surface area contributed by atoms with Gasteiger partial charge in [0.05, 0.1) is 13.2 Å². The zero-order valence-corrected chi connectivity index (χ0v) is 15.1. The molecule has 0 heterocycles. The molecular formula is C15H21BNO7P. The average molecular weight is 369 g/mol. The average Bonchev–Trinajstić information content (AvgIpc) is 2.58. The van der Waals surface area contributed by atoms with Crippen molar-refractivity contribution in [2.24, 2.45) is 4.99 Å². The molecule has 1 aromatic carbocycles. The number of carboxylic acids is 1. The molecule has 1 aromatic rings. The number of hydrogen-bond acceptors (Lipinski definition) is 7. The van der Waals surface area contributed by atoms with Crippen LogP contribution in [0.3, 0.4) is 0 Å². The van der Waals surface area contributed by atoms with Crippen molar-refractivity contribution < 1.29 is 33.0 Å². The van der Waals surface area contributed by atoms with Gasteiger partial charge in [0.25, 0.3) is 0 Å². The second-order valence-electron chi connectivity index (χ2n) is 4.86. The molecule has 8 nitrogen and oxygen atoms in total. The molecule has 10 heteroatoms. The maximum atomic E-state index is 12.3. The summed E-state index contributed by atoms with van der Waals surface area (Å²) in [7, 11) is -2.86. The first kappa shape index (κ1) is 21.2. The Hall–Kier alpha value is -1.83. The Morgan fingerprint density at radius 1 is 1.28 bits per heavy atom. The van der Waals surface area contributed by atoms with Crippen molar-refractivity contribution in [2.45, 2.75) is 26.3 Å². The van der Waals surface area contributed by atoms with Crippen LogP contribution < -0.4 is 4.74 Å². The molecule has 0 aliphatic carbocycles. The summed E-state index contributed by atoms with van der Waals surface area (Å²) in [5.74, 6) is -0.667. The van der Waals surface area contributed by atoms with Gasteiger partial charge in [-0.25, -0.2) is 0 Å². The van der Waals surface area contributed by atoms with E-state index in [1.165, 1.54) is 0 Å². The van der Waals surface area contributed by atoms with Crippen LogP contribution in [0.25, 0.3) is 0 Å². The maximum absolute atomic E-state index is 12.3. The van der Waals surface area contributed by atoms with Crippen LogP contribution in [0, 0.1) is 0 Å². The van der Waals surface area contributed by atoms with Crippen LogP contribution in [0.1, 0.15) is 19.4 Å². The van der Waals surface area contributed by atoms with Gasteiger partial charge in [0.15, 0.2) is 0 Å². The SMILES string of the molecule is CCOP(=O)(COc1ccc(C[C@H](/N=C\B=O)C(=O)O)cc1)OCC. The van der Waals surface area contributed by atoms with E-state index in [-0.39, 0.29) is 26.0 Å². The quantitative estimate of drug-likeness (QED) is 0.342. The Kier molecular flexibility index (Phi) is 9.27. The molecule has 0 saturated carbocycles. The van der Waals surface area contributed by atoms with Crippen LogP contribution >= 0.6 is 7.60 Å². The van der Waals surface area contributed by atoms with Gasteiger partial charge in [-0.05, 0) is 13.8 Å². The van der Waals surface area contributed by atoms with Crippen molar-refractivity contribution in [2.75, 3.05) is 19.6 Å². The molecule has 0 aliphatic rings. The fourth-order valence-electron chi connectivity index (χ4n) is 1.95. The van der Waals surface area contributed by atoms with E-state index >= 15 is 0 Å². The molecule has 0 fully saturated rings. The Morgan fingerprint density at radius 2 is 1.88 bits per heavy atom. The van der Waals surface area contributed by atoms with Gasteiger partial charge in [-0.3, -0.25) is 0 Å². The summed E-state index contributed by atoms with van der Waals surface area (Å²) in [6.07, 6.45) is 0.848. The monoisotopic (exact) mass is 369 g/mol. The van der Waals surface area contributed by atoms with Crippen LogP contribution in [0.5, 0.6) is 5.75 Å². The minimum Gasteiger partial charge on any atom is -0.0410 e. The van der Waals surface area contributed by atoms with E-state index in [4.69, 9.17) is 18.9 Å². The number of rotatable bonds is 12. The predicted molar refractivity (Wildman–Crippen MR) is 92.9 cm³/mol. The van der Waals surface area contributed by atoms with Crippen molar-refractivity contribution >= 4 is 26.8 Å². The molecule has 0 aromatic heterocycles. The van der Waals surface area contributed by atoms with Gasteiger partial charge < -0.3 is 0 Å². The summed E-state index contributed by atoms with van der Waals surface area (Å²) < 4.78 is 38.3. The molecule has 0 saturated heterocycles. The summed E-state index contributed by atoms with van der Waals surface area (Å²) >= 11 is 0. The van der Waals surface area contributed by atoms with Crippen molar-refractivity contribution in [1.29, 1.82) is 0 Å². The Bertz CT molecular complexity index is 625. The van der Waals surface area contributed by atoms with Crippen LogP contribution in [-0.2, 0) is 29.5 Å². The first-order chi connectivity index (χ1) is 11.9. The molecule has 1 N–H and O–H groups in total. The van der Waals surface area contributed by atoms with E-state index in [9.17, 15) is 14.1 Å². The minimum atomic E-state index is -3.30. The van der Waals surface area contributed by atoms with Crippen molar-refractivity contribution in [3.05, 3.63) is 29.8 Å². The van der Waals surface area contributed by atoms with Crippen LogP contribution in [0.4, 0.5) is 0 Å². The van der Waals surface area contributed by atoms with Gasteiger partial charge >= 0.3 is 119 Å². The number of benzene rings is 1. The smallest absolute Gasteiger partial charge is 0.0410 e. The standard InChI is InChI=1S/C15H21BNO7P/c1-3-23-25(21,24-4-2)11-22-13-7-5-12(6-8-13)9-14(15(18)19)17-10-16-20/h5-8,10,14H,3-4,9,11H2,1-2H3,(H,18,19)/b17-10-/t14-/m0/s1. The second kappa shape index (κ2) is 10.9. The van der Waals surface area contributed by atoms with Gasteiger partial charge in [-0.1, -0.05) is 0 Å². The Labute approximate surface area is 147 Å². The molecule has 136 valence electrons. The number of carbonyl (C=O) groups is 1. The second-order valence-corrected chi connectivity index (χ2v) is 6.85. The summed E-state index contributed by atoms with van der Waals surface area (Å²) in [4.78, 5) is 14.8. The molecular weight excluding hydrogens is 348 g/mol. The van der Waals surface area contributed by atoms with E-state index in [2.05, 4.69) is 4.99 Å². The number of nitrogens with zero attached hydrogens (tertiary/aromatic N) is 1. The molecule has 0 aliphatic heterocycles. The van der Waals surface area contributed by atoms with Gasteiger partial charge in [0, 0.05) is 0 Å². The Morgan fingerprint density at radius 3 is 2.36 bits per heavy atom. The van der Waals surface area contributed by atoms with Gasteiger partial charge in [0.2, 0.25) is 0 Å². The van der Waals surface area contributed by atoms with Crippen molar-refractivity contribution in [3.8, 4) is 5.75 Å². The van der Waals surface area contributed by atoms with Crippen LogP contribution in [0.15, 0.2) is 29.3 Å². The third-order valence-electron chi connectivity index (χ3n) is 3.01. The molecule has 0 radical (unpaired) electrons. The zero-order chi connectivity index (χ0) is 18.7. The van der Waals surface area contributed by atoms with Gasteiger partial charge in [-0.15, -0.1) is 0 Å². The predicted octanol–water partition coefficient (Wildman–Crippen LogP) is 2.36. The third-order valence-corrected chi connectivity index (χ3v) is 4.75. The summed E-state index contributed by atoms with van der Waals surface area (Å²) in [6.45, 7) is 3.92. The topological polar surface area (TPSA) is 111 Å². The third kappa shape index (κ3) is 7.73. The fourth-order valence-corrected chi connectivity index (χ4v) is 3.26. The molecule has 0 spiro atoms. The van der Waals surface area contributed by atoms with Gasteiger partial charge in [0.1, 0.15) is 0 Å². The molecule has 25 heavy (non-hydrogen) atoms.